The standard InChI is InChI=1S/C12H16INO3/c1-16-8-2-7-14-12(15)9-17-11-5-3-10(13)4-6-11/h3-6H,2,7-9H2,1H3,(H,14,15). The van der Waals surface area contributed by atoms with Gasteiger partial charge in [-0.05, 0) is 53.3 Å². The molecule has 0 bridgehead atoms. The molecular formula is C12H16INO3. The smallest absolute Gasteiger partial charge is 0.257 e. The van der Waals surface area contributed by atoms with Crippen molar-refractivity contribution in [1.82, 2.24) is 5.32 Å². The number of nitrogens with one attached hydrogen (secondary N) is 1. The van der Waals surface area contributed by atoms with Crippen molar-refractivity contribution in [2.24, 2.45) is 0 Å². The van der Waals surface area contributed by atoms with Crippen LogP contribution >= 0.6 is 22.6 Å². The lowest BCUT2D eigenvalue weighted by molar-refractivity contribution is -0.123. The molecule has 4 nitrogen and oxygen atoms in total. The van der Waals surface area contributed by atoms with Crippen LogP contribution in [-0.4, -0.2) is 32.8 Å². The largest absolute Gasteiger partial charge is 0.484 e. The first kappa shape index (κ1) is 14.2. The second kappa shape index (κ2) is 8.30. The Bertz CT molecular complexity index is 340. The molecule has 0 atom stereocenters. The quantitative estimate of drug-likeness (QED) is 0.604. The highest BCUT2D eigenvalue weighted by Crippen LogP contribution is 2.12. The van der Waals surface area contributed by atoms with Crippen LogP contribution in [0.4, 0.5) is 0 Å². The lowest BCUT2D eigenvalue weighted by atomic mass is 10.3. The summed E-state index contributed by atoms with van der Waals surface area (Å²) in [4.78, 5) is 11.4. The van der Waals surface area contributed by atoms with Crippen molar-refractivity contribution in [1.29, 1.82) is 0 Å². The molecule has 0 radical (unpaired) electrons. The number of hydrogen-bond donors (Lipinski definition) is 1. The van der Waals surface area contributed by atoms with E-state index in [0.717, 1.165) is 9.99 Å². The van der Waals surface area contributed by atoms with Gasteiger partial charge in [0.25, 0.3) is 5.91 Å². The summed E-state index contributed by atoms with van der Waals surface area (Å²) in [5.74, 6) is 0.595. The number of methoxy groups -OCH3 is 1. The van der Waals surface area contributed by atoms with Crippen molar-refractivity contribution in [2.45, 2.75) is 6.42 Å². The van der Waals surface area contributed by atoms with Gasteiger partial charge >= 0.3 is 0 Å². The van der Waals surface area contributed by atoms with Crippen LogP contribution in [0.1, 0.15) is 6.42 Å². The number of rotatable bonds is 7. The Morgan fingerprint density at radius 3 is 2.71 bits per heavy atom. The molecule has 0 aliphatic carbocycles. The van der Waals surface area contributed by atoms with Gasteiger partial charge in [0, 0.05) is 23.8 Å². The SMILES string of the molecule is COCCCNC(=O)COc1ccc(I)cc1. The Morgan fingerprint density at radius 1 is 1.35 bits per heavy atom. The summed E-state index contributed by atoms with van der Waals surface area (Å²) in [6.45, 7) is 1.31. The van der Waals surface area contributed by atoms with E-state index in [1.54, 1.807) is 7.11 Å². The fourth-order valence-corrected chi connectivity index (χ4v) is 1.53. The van der Waals surface area contributed by atoms with Gasteiger partial charge in [0.2, 0.25) is 0 Å². The van der Waals surface area contributed by atoms with Crippen molar-refractivity contribution in [3.05, 3.63) is 27.8 Å². The molecular weight excluding hydrogens is 333 g/mol. The number of carbonyl (C=O) groups excluding carboxylic acids is 1. The van der Waals surface area contributed by atoms with Crippen LogP contribution in [0, 0.1) is 3.57 Å². The van der Waals surface area contributed by atoms with Crippen molar-refractivity contribution in [3.8, 4) is 5.75 Å². The summed E-state index contributed by atoms with van der Waals surface area (Å²) < 4.78 is 11.4. The average molecular weight is 349 g/mol. The third-order valence-electron chi connectivity index (χ3n) is 2.03. The number of benzene rings is 1. The van der Waals surface area contributed by atoms with Crippen LogP contribution in [-0.2, 0) is 9.53 Å². The molecule has 0 fully saturated rings. The van der Waals surface area contributed by atoms with Crippen LogP contribution < -0.4 is 10.1 Å². The number of halogens is 1. The Kier molecular flexibility index (Phi) is 6.95. The van der Waals surface area contributed by atoms with Gasteiger partial charge in [-0.2, -0.15) is 0 Å². The van der Waals surface area contributed by atoms with E-state index in [1.807, 2.05) is 24.3 Å². The summed E-state index contributed by atoms with van der Waals surface area (Å²) >= 11 is 2.22. The van der Waals surface area contributed by atoms with Gasteiger partial charge in [-0.15, -0.1) is 0 Å². The van der Waals surface area contributed by atoms with Crippen molar-refractivity contribution < 1.29 is 14.3 Å². The number of ether oxygens (including phenoxy) is 2. The first-order chi connectivity index (χ1) is 8.22. The fraction of sp³-hybridized carbons (Fsp3) is 0.417. The molecule has 0 aliphatic rings. The van der Waals surface area contributed by atoms with E-state index in [0.29, 0.717) is 18.9 Å². The predicted octanol–water partition coefficient (Wildman–Crippen LogP) is 1.82. The highest BCUT2D eigenvalue weighted by Gasteiger charge is 2.01. The molecule has 0 unspecified atom stereocenters. The van der Waals surface area contributed by atoms with E-state index in [1.165, 1.54) is 0 Å². The second-order valence-corrected chi connectivity index (χ2v) is 4.68. The normalized spacial score (nSPS) is 10.0. The number of carbonyl (C=O) groups is 1. The minimum atomic E-state index is -0.111. The molecule has 0 saturated carbocycles. The monoisotopic (exact) mass is 349 g/mol. The zero-order valence-corrected chi connectivity index (χ0v) is 11.9. The summed E-state index contributed by atoms with van der Waals surface area (Å²) in [5, 5.41) is 2.75. The van der Waals surface area contributed by atoms with Crippen molar-refractivity contribution in [3.63, 3.8) is 0 Å². The van der Waals surface area contributed by atoms with Gasteiger partial charge in [0.15, 0.2) is 6.61 Å². The van der Waals surface area contributed by atoms with E-state index in [9.17, 15) is 4.79 Å². The minimum absolute atomic E-state index is 0.0492. The van der Waals surface area contributed by atoms with Crippen LogP contribution in [0.15, 0.2) is 24.3 Å². The third kappa shape index (κ3) is 6.48. The molecule has 0 saturated heterocycles. The molecule has 0 heterocycles. The maximum Gasteiger partial charge on any atom is 0.257 e. The molecule has 1 aromatic carbocycles. The Balaban J connectivity index is 2.17. The van der Waals surface area contributed by atoms with Crippen molar-refractivity contribution >= 4 is 28.5 Å². The molecule has 5 heteroatoms. The zero-order chi connectivity index (χ0) is 12.5. The summed E-state index contributed by atoms with van der Waals surface area (Å²) in [5.41, 5.74) is 0. The first-order valence-corrected chi connectivity index (χ1v) is 6.44. The molecule has 1 aromatic rings. The maximum atomic E-state index is 11.4. The van der Waals surface area contributed by atoms with Crippen LogP contribution in [0.3, 0.4) is 0 Å². The highest BCUT2D eigenvalue weighted by atomic mass is 127. The highest BCUT2D eigenvalue weighted by molar-refractivity contribution is 14.1. The predicted molar refractivity (Wildman–Crippen MR) is 74.2 cm³/mol. The minimum Gasteiger partial charge on any atom is -0.484 e. The van der Waals surface area contributed by atoms with Crippen LogP contribution in [0.25, 0.3) is 0 Å². The Labute approximate surface area is 115 Å². The third-order valence-corrected chi connectivity index (χ3v) is 2.75. The summed E-state index contributed by atoms with van der Waals surface area (Å²) in [7, 11) is 1.64. The van der Waals surface area contributed by atoms with Gasteiger partial charge in [0.1, 0.15) is 5.75 Å². The maximum absolute atomic E-state index is 11.4. The molecule has 1 rings (SSSR count). The van der Waals surface area contributed by atoms with E-state index < -0.39 is 0 Å². The lowest BCUT2D eigenvalue weighted by Crippen LogP contribution is -2.30. The van der Waals surface area contributed by atoms with E-state index in [4.69, 9.17) is 9.47 Å². The second-order valence-electron chi connectivity index (χ2n) is 3.44. The molecule has 0 aromatic heterocycles. The molecule has 1 N–H and O–H groups in total. The van der Waals surface area contributed by atoms with Crippen LogP contribution in [0.5, 0.6) is 5.75 Å². The van der Waals surface area contributed by atoms with Crippen molar-refractivity contribution in [2.75, 3.05) is 26.9 Å². The van der Waals surface area contributed by atoms with Gasteiger partial charge < -0.3 is 14.8 Å². The van der Waals surface area contributed by atoms with Gasteiger partial charge in [-0.25, -0.2) is 0 Å². The summed E-state index contributed by atoms with van der Waals surface area (Å²) in [6, 6.07) is 7.57. The molecule has 17 heavy (non-hydrogen) atoms. The molecule has 94 valence electrons. The topological polar surface area (TPSA) is 47.6 Å². The first-order valence-electron chi connectivity index (χ1n) is 5.36. The average Bonchev–Trinajstić information content (AvgIpc) is 2.34. The number of amides is 1. The number of hydrogen-bond acceptors (Lipinski definition) is 3. The summed E-state index contributed by atoms with van der Waals surface area (Å²) in [6.07, 6.45) is 0.811. The lowest BCUT2D eigenvalue weighted by Gasteiger charge is -2.07. The van der Waals surface area contributed by atoms with Gasteiger partial charge in [-0.3, -0.25) is 4.79 Å². The zero-order valence-electron chi connectivity index (χ0n) is 9.74. The van der Waals surface area contributed by atoms with E-state index >= 15 is 0 Å². The van der Waals surface area contributed by atoms with E-state index in [2.05, 4.69) is 27.9 Å². The Morgan fingerprint density at radius 2 is 2.06 bits per heavy atom. The van der Waals surface area contributed by atoms with Gasteiger partial charge in [-0.1, -0.05) is 0 Å². The van der Waals surface area contributed by atoms with Crippen LogP contribution in [0.2, 0.25) is 0 Å². The Hall–Kier alpha value is -0.820. The molecule has 0 spiro atoms. The fourth-order valence-electron chi connectivity index (χ4n) is 1.18. The van der Waals surface area contributed by atoms with E-state index in [-0.39, 0.29) is 12.5 Å². The molecule has 1 amide bonds. The molecule has 0 aliphatic heterocycles. The van der Waals surface area contributed by atoms with Gasteiger partial charge in [0.05, 0.1) is 0 Å².